The number of aliphatic hydroxyl groups excluding tert-OH is 1. The Hall–Kier alpha value is -0.0800. The zero-order valence-corrected chi connectivity index (χ0v) is 10.4. The smallest absolute Gasteiger partial charge is 0.0499 e. The van der Waals surface area contributed by atoms with Gasteiger partial charge in [-0.25, -0.2) is 0 Å². The van der Waals surface area contributed by atoms with Gasteiger partial charge in [0, 0.05) is 18.6 Å². The molecule has 0 heterocycles. The number of aliphatic hydroxyl groups is 1. The second-order valence-electron chi connectivity index (χ2n) is 5.39. The number of hydrogen-bond donors (Lipinski definition) is 2. The van der Waals surface area contributed by atoms with Crippen LogP contribution in [0.5, 0.6) is 0 Å². The summed E-state index contributed by atoms with van der Waals surface area (Å²) in [6.45, 7) is 7.02. The van der Waals surface area contributed by atoms with E-state index in [1.807, 2.05) is 0 Å². The fourth-order valence-electron chi connectivity index (χ4n) is 2.69. The maximum Gasteiger partial charge on any atom is 0.0499 e. The van der Waals surface area contributed by atoms with Crippen molar-refractivity contribution in [1.82, 2.24) is 5.32 Å². The van der Waals surface area contributed by atoms with E-state index in [2.05, 4.69) is 19.2 Å². The maximum atomic E-state index is 9.45. The molecular formula is C13H27NO. The van der Waals surface area contributed by atoms with E-state index in [1.165, 1.54) is 38.5 Å². The zero-order valence-electron chi connectivity index (χ0n) is 10.4. The van der Waals surface area contributed by atoms with Crippen LogP contribution in [0, 0.1) is 11.3 Å². The largest absolute Gasteiger partial charge is 0.396 e. The van der Waals surface area contributed by atoms with Crippen molar-refractivity contribution in [1.29, 1.82) is 0 Å². The first-order chi connectivity index (χ1) is 7.22. The third kappa shape index (κ3) is 4.12. The van der Waals surface area contributed by atoms with Crippen LogP contribution in [-0.4, -0.2) is 24.8 Å². The highest BCUT2D eigenvalue weighted by atomic mass is 16.3. The summed E-state index contributed by atoms with van der Waals surface area (Å²) in [5.74, 6) is 0.771. The van der Waals surface area contributed by atoms with Gasteiger partial charge in [0.15, 0.2) is 0 Å². The lowest BCUT2D eigenvalue weighted by atomic mass is 9.87. The molecule has 1 fully saturated rings. The highest BCUT2D eigenvalue weighted by molar-refractivity contribution is 4.86. The lowest BCUT2D eigenvalue weighted by Gasteiger charge is -2.27. The summed E-state index contributed by atoms with van der Waals surface area (Å²) in [7, 11) is 0. The summed E-state index contributed by atoms with van der Waals surface area (Å²) < 4.78 is 0. The van der Waals surface area contributed by atoms with Crippen LogP contribution in [0.25, 0.3) is 0 Å². The van der Waals surface area contributed by atoms with Crippen molar-refractivity contribution in [3.8, 4) is 0 Å². The molecule has 0 saturated heterocycles. The molecule has 0 spiro atoms. The van der Waals surface area contributed by atoms with Gasteiger partial charge < -0.3 is 10.4 Å². The predicted octanol–water partition coefficient (Wildman–Crippen LogP) is 2.56. The van der Waals surface area contributed by atoms with Crippen molar-refractivity contribution in [2.75, 3.05) is 19.7 Å². The van der Waals surface area contributed by atoms with Crippen molar-refractivity contribution < 1.29 is 5.11 Å². The van der Waals surface area contributed by atoms with Gasteiger partial charge in [0.1, 0.15) is 0 Å². The third-order valence-electron chi connectivity index (χ3n) is 3.77. The predicted molar refractivity (Wildman–Crippen MR) is 64.9 cm³/mol. The Kier molecular flexibility index (Phi) is 5.62. The van der Waals surface area contributed by atoms with Crippen LogP contribution in [0.2, 0.25) is 0 Å². The van der Waals surface area contributed by atoms with E-state index in [0.717, 1.165) is 19.0 Å². The minimum Gasteiger partial charge on any atom is -0.396 e. The zero-order chi connectivity index (χ0) is 11.1. The molecule has 1 saturated carbocycles. The molecule has 0 aliphatic heterocycles. The summed E-state index contributed by atoms with van der Waals surface area (Å²) in [4.78, 5) is 0. The van der Waals surface area contributed by atoms with Gasteiger partial charge in [-0.15, -0.1) is 0 Å². The summed E-state index contributed by atoms with van der Waals surface area (Å²) in [6, 6.07) is 0. The third-order valence-corrected chi connectivity index (χ3v) is 3.77. The first-order valence-electron chi connectivity index (χ1n) is 6.54. The van der Waals surface area contributed by atoms with Crippen molar-refractivity contribution in [3.05, 3.63) is 0 Å². The molecule has 0 bridgehead atoms. The lowest BCUT2D eigenvalue weighted by Crippen LogP contribution is -2.36. The van der Waals surface area contributed by atoms with E-state index in [4.69, 9.17) is 0 Å². The number of hydrogen-bond acceptors (Lipinski definition) is 2. The van der Waals surface area contributed by atoms with Crippen molar-refractivity contribution in [3.63, 3.8) is 0 Å². The van der Waals surface area contributed by atoms with Gasteiger partial charge in [-0.05, 0) is 31.7 Å². The molecule has 2 nitrogen and oxygen atoms in total. The molecule has 2 N–H and O–H groups in total. The summed E-state index contributed by atoms with van der Waals surface area (Å²) in [5, 5.41) is 13.0. The van der Waals surface area contributed by atoms with Crippen LogP contribution in [-0.2, 0) is 0 Å². The van der Waals surface area contributed by atoms with Crippen molar-refractivity contribution >= 4 is 0 Å². The molecule has 0 aromatic carbocycles. The normalized spacial score (nSPS) is 21.8. The summed E-state index contributed by atoms with van der Waals surface area (Å²) >= 11 is 0. The quantitative estimate of drug-likeness (QED) is 0.681. The van der Waals surface area contributed by atoms with Crippen molar-refractivity contribution in [2.45, 2.75) is 52.4 Å². The molecule has 90 valence electrons. The second-order valence-corrected chi connectivity index (χ2v) is 5.39. The van der Waals surface area contributed by atoms with Crippen LogP contribution < -0.4 is 5.32 Å². The van der Waals surface area contributed by atoms with Gasteiger partial charge in [-0.2, -0.15) is 0 Å². The monoisotopic (exact) mass is 213 g/mol. The van der Waals surface area contributed by atoms with Gasteiger partial charge in [0.05, 0.1) is 0 Å². The SMILES string of the molecule is CCCC(C)CNCC1(CO)CCCC1. The van der Waals surface area contributed by atoms with E-state index >= 15 is 0 Å². The molecule has 1 unspecified atom stereocenters. The maximum absolute atomic E-state index is 9.45. The molecule has 1 atom stereocenters. The first-order valence-corrected chi connectivity index (χ1v) is 6.54. The second kappa shape index (κ2) is 6.49. The van der Waals surface area contributed by atoms with Crippen LogP contribution in [0.4, 0.5) is 0 Å². The molecule has 1 aliphatic rings. The van der Waals surface area contributed by atoms with Crippen molar-refractivity contribution in [2.24, 2.45) is 11.3 Å². The van der Waals surface area contributed by atoms with E-state index < -0.39 is 0 Å². The average molecular weight is 213 g/mol. The molecule has 0 aromatic heterocycles. The molecule has 0 amide bonds. The van der Waals surface area contributed by atoms with E-state index in [9.17, 15) is 5.11 Å². The Morgan fingerprint density at radius 1 is 1.33 bits per heavy atom. The van der Waals surface area contributed by atoms with Gasteiger partial charge in [0.25, 0.3) is 0 Å². The molecular weight excluding hydrogens is 186 g/mol. The van der Waals surface area contributed by atoms with Gasteiger partial charge in [0.2, 0.25) is 0 Å². The lowest BCUT2D eigenvalue weighted by molar-refractivity contribution is 0.127. The van der Waals surface area contributed by atoms with Gasteiger partial charge >= 0.3 is 0 Å². The Morgan fingerprint density at radius 3 is 2.53 bits per heavy atom. The molecule has 2 heteroatoms. The summed E-state index contributed by atoms with van der Waals surface area (Å²) in [5.41, 5.74) is 0.214. The molecule has 0 aromatic rings. The number of nitrogens with one attached hydrogen (secondary N) is 1. The first kappa shape index (κ1) is 13.0. The summed E-state index contributed by atoms with van der Waals surface area (Å²) in [6.07, 6.45) is 7.59. The highest BCUT2D eigenvalue weighted by Crippen LogP contribution is 2.36. The van der Waals surface area contributed by atoms with E-state index in [-0.39, 0.29) is 5.41 Å². The molecule has 15 heavy (non-hydrogen) atoms. The number of rotatable bonds is 7. The van der Waals surface area contributed by atoms with Crippen LogP contribution >= 0.6 is 0 Å². The average Bonchev–Trinajstić information content (AvgIpc) is 2.68. The fraction of sp³-hybridized carbons (Fsp3) is 1.00. The van der Waals surface area contributed by atoms with Crippen LogP contribution in [0.15, 0.2) is 0 Å². The molecule has 0 radical (unpaired) electrons. The van der Waals surface area contributed by atoms with E-state index in [1.54, 1.807) is 0 Å². The highest BCUT2D eigenvalue weighted by Gasteiger charge is 2.32. The van der Waals surface area contributed by atoms with Gasteiger partial charge in [-0.1, -0.05) is 33.1 Å². The van der Waals surface area contributed by atoms with Crippen LogP contribution in [0.3, 0.4) is 0 Å². The molecule has 1 rings (SSSR count). The van der Waals surface area contributed by atoms with E-state index in [0.29, 0.717) is 6.61 Å². The van der Waals surface area contributed by atoms with Crippen LogP contribution in [0.1, 0.15) is 52.4 Å². The molecule has 1 aliphatic carbocycles. The minimum atomic E-state index is 0.214. The Morgan fingerprint density at radius 2 is 2.00 bits per heavy atom. The Balaban J connectivity index is 2.17. The fourth-order valence-corrected chi connectivity index (χ4v) is 2.69. The standard InChI is InChI=1S/C13H27NO/c1-3-6-12(2)9-14-10-13(11-15)7-4-5-8-13/h12,14-15H,3-11H2,1-2H3. The Bertz CT molecular complexity index is 164. The Labute approximate surface area is 94.5 Å². The van der Waals surface area contributed by atoms with Gasteiger partial charge in [-0.3, -0.25) is 0 Å². The minimum absolute atomic E-state index is 0.214. The topological polar surface area (TPSA) is 32.3 Å².